The lowest BCUT2D eigenvalue weighted by Gasteiger charge is -2.20. The number of fused-ring (bicyclic) bond motifs is 1. The van der Waals surface area contributed by atoms with Gasteiger partial charge in [0.05, 0.1) is 5.69 Å². The molecule has 3 N–H and O–H groups in total. The van der Waals surface area contributed by atoms with E-state index in [9.17, 15) is 15.0 Å². The maximum atomic E-state index is 11.7. The van der Waals surface area contributed by atoms with E-state index in [1.807, 2.05) is 6.07 Å². The Bertz CT molecular complexity index is 518. The summed E-state index contributed by atoms with van der Waals surface area (Å²) in [5.74, 6) is -3.15. The Hall–Kier alpha value is -1.59. The van der Waals surface area contributed by atoms with Crippen LogP contribution >= 0.6 is 0 Å². The first-order valence-corrected chi connectivity index (χ1v) is 6.24. The van der Waals surface area contributed by atoms with E-state index >= 15 is 0 Å². The number of carbonyl (C=O) groups is 1. The van der Waals surface area contributed by atoms with Crippen molar-refractivity contribution in [2.75, 3.05) is 23.8 Å². The largest absolute Gasteiger partial charge is 0.385 e. The highest BCUT2D eigenvalue weighted by molar-refractivity contribution is 6.05. The van der Waals surface area contributed by atoms with Crippen LogP contribution in [0.2, 0.25) is 0 Å². The Morgan fingerprint density at radius 2 is 1.95 bits per heavy atom. The average molecular weight is 264 g/mol. The minimum absolute atomic E-state index is 0.112. The van der Waals surface area contributed by atoms with Crippen molar-refractivity contribution in [2.45, 2.75) is 26.6 Å². The molecule has 1 aromatic carbocycles. The van der Waals surface area contributed by atoms with E-state index in [-0.39, 0.29) is 11.0 Å². The number of aliphatic hydroxyl groups is 2. The van der Waals surface area contributed by atoms with Crippen LogP contribution in [0.5, 0.6) is 0 Å². The molecule has 1 heterocycles. The molecule has 0 aliphatic carbocycles. The summed E-state index contributed by atoms with van der Waals surface area (Å²) in [4.78, 5) is 13.0. The maximum absolute atomic E-state index is 11.7. The first kappa shape index (κ1) is 13.8. The third-order valence-corrected chi connectivity index (χ3v) is 3.16. The summed E-state index contributed by atoms with van der Waals surface area (Å²) in [6.45, 7) is 7.06. The molecule has 19 heavy (non-hydrogen) atoms. The van der Waals surface area contributed by atoms with Crippen LogP contribution in [-0.2, 0) is 10.6 Å². The van der Waals surface area contributed by atoms with Crippen LogP contribution in [0.4, 0.5) is 11.4 Å². The first-order chi connectivity index (χ1) is 8.63. The Morgan fingerprint density at radius 3 is 2.53 bits per heavy atom. The van der Waals surface area contributed by atoms with Gasteiger partial charge in [-0.15, -0.1) is 0 Å². The number of carbonyl (C=O) groups excluding carboxylic acids is 1. The van der Waals surface area contributed by atoms with Crippen LogP contribution in [-0.4, -0.2) is 29.7 Å². The topological polar surface area (TPSA) is 72.8 Å². The number of hydrogen-bond acceptors (Lipinski definition) is 4. The van der Waals surface area contributed by atoms with Crippen molar-refractivity contribution >= 4 is 17.3 Å². The molecule has 0 saturated heterocycles. The van der Waals surface area contributed by atoms with E-state index in [0.29, 0.717) is 5.69 Å². The van der Waals surface area contributed by atoms with E-state index in [4.69, 9.17) is 0 Å². The summed E-state index contributed by atoms with van der Waals surface area (Å²) >= 11 is 0. The molecule has 0 radical (unpaired) electrons. The minimum atomic E-state index is -2.43. The summed E-state index contributed by atoms with van der Waals surface area (Å²) in [5, 5.41) is 23.0. The lowest BCUT2D eigenvalue weighted by atomic mass is 9.96. The first-order valence-electron chi connectivity index (χ1n) is 6.24. The van der Waals surface area contributed by atoms with Crippen molar-refractivity contribution < 1.29 is 15.0 Å². The van der Waals surface area contributed by atoms with Gasteiger partial charge in [-0.3, -0.25) is 4.79 Å². The summed E-state index contributed by atoms with van der Waals surface area (Å²) in [7, 11) is 1.53. The van der Waals surface area contributed by atoms with Crippen molar-refractivity contribution in [3.05, 3.63) is 23.8 Å². The van der Waals surface area contributed by atoms with E-state index in [1.54, 1.807) is 12.1 Å². The minimum Gasteiger partial charge on any atom is -0.385 e. The molecule has 0 spiro atoms. The zero-order valence-corrected chi connectivity index (χ0v) is 11.7. The van der Waals surface area contributed by atoms with E-state index in [0.717, 1.165) is 12.2 Å². The predicted molar refractivity (Wildman–Crippen MR) is 73.9 cm³/mol. The molecule has 1 aromatic rings. The van der Waals surface area contributed by atoms with Gasteiger partial charge in [-0.05, 0) is 23.6 Å². The number of nitrogens with zero attached hydrogens (tertiary/aromatic N) is 1. The Labute approximate surface area is 112 Å². The van der Waals surface area contributed by atoms with Gasteiger partial charge >= 0.3 is 0 Å². The SMILES string of the molecule is CN1C(=O)C(O)(O)c2cc(NCC(C)(C)C)ccc21. The number of benzene rings is 1. The Morgan fingerprint density at radius 1 is 1.32 bits per heavy atom. The summed E-state index contributed by atoms with van der Waals surface area (Å²) in [6, 6.07) is 5.16. The van der Waals surface area contributed by atoms with Gasteiger partial charge in [0, 0.05) is 24.8 Å². The number of likely N-dealkylation sites (N-methyl/N-ethyl adjacent to an activating group) is 1. The van der Waals surface area contributed by atoms with Crippen molar-refractivity contribution in [1.82, 2.24) is 0 Å². The van der Waals surface area contributed by atoms with Crippen LogP contribution < -0.4 is 10.2 Å². The van der Waals surface area contributed by atoms with Gasteiger partial charge in [-0.25, -0.2) is 0 Å². The lowest BCUT2D eigenvalue weighted by molar-refractivity contribution is -0.182. The molecule has 0 fully saturated rings. The molecule has 104 valence electrons. The number of nitrogens with one attached hydrogen (secondary N) is 1. The van der Waals surface area contributed by atoms with Gasteiger partial charge in [0.25, 0.3) is 11.7 Å². The Kier molecular flexibility index (Phi) is 3.07. The second-order valence-electron chi connectivity index (χ2n) is 6.18. The lowest BCUT2D eigenvalue weighted by Crippen LogP contribution is -2.38. The van der Waals surface area contributed by atoms with Gasteiger partial charge in [0.1, 0.15) is 0 Å². The van der Waals surface area contributed by atoms with Crippen LogP contribution in [0.25, 0.3) is 0 Å². The van der Waals surface area contributed by atoms with Crippen molar-refractivity contribution in [2.24, 2.45) is 5.41 Å². The molecule has 5 heteroatoms. The molecule has 0 atom stereocenters. The van der Waals surface area contributed by atoms with Crippen LogP contribution in [0.1, 0.15) is 26.3 Å². The van der Waals surface area contributed by atoms with Crippen molar-refractivity contribution in [3.63, 3.8) is 0 Å². The summed E-state index contributed by atoms with van der Waals surface area (Å²) in [6.07, 6.45) is 0. The quantitative estimate of drug-likeness (QED) is 0.703. The van der Waals surface area contributed by atoms with Gasteiger partial charge < -0.3 is 20.4 Å². The fourth-order valence-corrected chi connectivity index (χ4v) is 2.04. The molecule has 1 amide bonds. The molecule has 0 aromatic heterocycles. The van der Waals surface area contributed by atoms with Crippen molar-refractivity contribution in [1.29, 1.82) is 0 Å². The molecular weight excluding hydrogens is 244 g/mol. The van der Waals surface area contributed by atoms with Crippen LogP contribution in [0, 0.1) is 5.41 Å². The summed E-state index contributed by atoms with van der Waals surface area (Å²) < 4.78 is 0. The van der Waals surface area contributed by atoms with Gasteiger partial charge in [0.15, 0.2) is 0 Å². The normalized spacial score (nSPS) is 17.6. The molecule has 0 unspecified atom stereocenters. The predicted octanol–water partition coefficient (Wildman–Crippen LogP) is 1.26. The second-order valence-corrected chi connectivity index (χ2v) is 6.18. The monoisotopic (exact) mass is 264 g/mol. The number of anilines is 2. The Balaban J connectivity index is 2.30. The smallest absolute Gasteiger partial charge is 0.291 e. The highest BCUT2D eigenvalue weighted by Gasteiger charge is 2.47. The van der Waals surface area contributed by atoms with Crippen LogP contribution in [0.3, 0.4) is 0 Å². The number of amides is 1. The molecule has 0 saturated carbocycles. The summed E-state index contributed by atoms with van der Waals surface area (Å²) in [5.41, 5.74) is 1.63. The van der Waals surface area contributed by atoms with Crippen LogP contribution in [0.15, 0.2) is 18.2 Å². The molecular formula is C14H20N2O3. The molecule has 0 bridgehead atoms. The fourth-order valence-electron chi connectivity index (χ4n) is 2.04. The van der Waals surface area contributed by atoms with Gasteiger partial charge in [-0.1, -0.05) is 20.8 Å². The maximum Gasteiger partial charge on any atom is 0.291 e. The molecule has 5 nitrogen and oxygen atoms in total. The van der Waals surface area contributed by atoms with Gasteiger partial charge in [-0.2, -0.15) is 0 Å². The number of rotatable bonds is 2. The zero-order valence-electron chi connectivity index (χ0n) is 11.7. The number of hydrogen-bond donors (Lipinski definition) is 3. The molecule has 1 aliphatic heterocycles. The molecule has 1 aliphatic rings. The highest BCUT2D eigenvalue weighted by Crippen LogP contribution is 2.39. The van der Waals surface area contributed by atoms with Crippen molar-refractivity contribution in [3.8, 4) is 0 Å². The standard InChI is InChI=1S/C14H20N2O3/c1-13(2,3)8-15-9-5-6-11-10(7-9)14(18,19)12(17)16(11)4/h5-7,15,18-19H,8H2,1-4H3. The second kappa shape index (κ2) is 4.21. The van der Waals surface area contributed by atoms with E-state index < -0.39 is 11.7 Å². The van der Waals surface area contributed by atoms with E-state index in [2.05, 4.69) is 26.1 Å². The fraction of sp³-hybridized carbons (Fsp3) is 0.500. The van der Waals surface area contributed by atoms with E-state index in [1.165, 1.54) is 11.9 Å². The highest BCUT2D eigenvalue weighted by atomic mass is 16.5. The zero-order chi connectivity index (χ0) is 14.4. The van der Waals surface area contributed by atoms with Gasteiger partial charge in [0.2, 0.25) is 0 Å². The molecule has 2 rings (SSSR count). The average Bonchev–Trinajstić information content (AvgIpc) is 2.48. The third kappa shape index (κ3) is 2.43. The third-order valence-electron chi connectivity index (χ3n) is 3.16.